The number of aromatic amines is 1. The van der Waals surface area contributed by atoms with Crippen molar-refractivity contribution in [2.45, 2.75) is 13.5 Å². The fourth-order valence-corrected chi connectivity index (χ4v) is 4.06. The molecule has 8 nitrogen and oxygen atoms in total. The molecule has 4 rings (SSSR count). The molecule has 6 N–H and O–H groups in total. The molecule has 0 unspecified atom stereocenters. The number of nitrogens with two attached hydrogens (primary N) is 1. The number of H-pyrrole nitrogens is 1. The summed E-state index contributed by atoms with van der Waals surface area (Å²) in [6.45, 7) is 1.78. The molecule has 0 saturated heterocycles. The van der Waals surface area contributed by atoms with E-state index in [2.05, 4.69) is 20.9 Å². The lowest BCUT2D eigenvalue weighted by Gasteiger charge is -2.13. The lowest BCUT2D eigenvalue weighted by atomic mass is 9.95. The molecule has 0 aliphatic rings. The van der Waals surface area contributed by atoms with Gasteiger partial charge in [0.25, 0.3) is 0 Å². The molecule has 0 saturated carbocycles. The van der Waals surface area contributed by atoms with Crippen molar-refractivity contribution in [3.05, 3.63) is 78.5 Å². The molecule has 0 radical (unpaired) electrons. The Labute approximate surface area is 202 Å². The molecule has 0 aliphatic carbocycles. The van der Waals surface area contributed by atoms with Gasteiger partial charge in [-0.1, -0.05) is 24.3 Å². The summed E-state index contributed by atoms with van der Waals surface area (Å²) in [5.41, 5.74) is 13.6. The Morgan fingerprint density at radius 2 is 1.80 bits per heavy atom. The molecule has 176 valence electrons. The molecule has 0 atom stereocenters. The van der Waals surface area contributed by atoms with Gasteiger partial charge in [-0.05, 0) is 59.2 Å². The number of nitrogens with one attached hydrogen (secondary N) is 4. The molecule has 8 heteroatoms. The fraction of sp³-hybridized carbons (Fsp3) is 0.0741. The van der Waals surface area contributed by atoms with Gasteiger partial charge in [0.05, 0.1) is 11.2 Å². The number of carbonyl (C=O) groups excluding carboxylic acids is 3. The SMILES string of the molecule is CC(=O)Nc1cccc(-c2cc3c(-c4ccc(NC=CC=O)cc4CN)ccc(NC=O)c3[nH]2)c1. The van der Waals surface area contributed by atoms with Gasteiger partial charge >= 0.3 is 0 Å². The van der Waals surface area contributed by atoms with Crippen molar-refractivity contribution in [3.63, 3.8) is 0 Å². The van der Waals surface area contributed by atoms with Crippen LogP contribution < -0.4 is 21.7 Å². The molecule has 3 aromatic carbocycles. The zero-order valence-electron chi connectivity index (χ0n) is 19.1. The van der Waals surface area contributed by atoms with E-state index in [1.807, 2.05) is 60.7 Å². The summed E-state index contributed by atoms with van der Waals surface area (Å²) < 4.78 is 0. The molecule has 1 heterocycles. The number of aromatic nitrogens is 1. The van der Waals surface area contributed by atoms with Crippen LogP contribution in [0.4, 0.5) is 17.1 Å². The zero-order valence-corrected chi connectivity index (χ0v) is 19.1. The van der Waals surface area contributed by atoms with E-state index in [0.717, 1.165) is 44.5 Å². The third-order valence-corrected chi connectivity index (χ3v) is 5.54. The van der Waals surface area contributed by atoms with Crippen LogP contribution in [0.2, 0.25) is 0 Å². The van der Waals surface area contributed by atoms with E-state index >= 15 is 0 Å². The van der Waals surface area contributed by atoms with E-state index in [0.29, 0.717) is 30.6 Å². The number of hydrogen-bond donors (Lipinski definition) is 5. The Kier molecular flexibility index (Phi) is 7.04. The summed E-state index contributed by atoms with van der Waals surface area (Å²) in [6.07, 6.45) is 4.28. The number of allylic oxidation sites excluding steroid dienone is 1. The van der Waals surface area contributed by atoms with E-state index < -0.39 is 0 Å². The van der Waals surface area contributed by atoms with Gasteiger partial charge in [-0.3, -0.25) is 14.4 Å². The van der Waals surface area contributed by atoms with E-state index in [9.17, 15) is 14.4 Å². The van der Waals surface area contributed by atoms with Crippen LogP contribution in [0.5, 0.6) is 0 Å². The standard InChI is InChI=1S/C27H25N5O3/c1-17(35)31-21-5-2-4-18(12-21)26-14-24-23(8-9-25(30-16-34)27(24)32-26)22-7-6-20(13-19(22)15-28)29-10-3-11-33/h2-14,16,29,32H,15,28H2,1H3,(H,30,34)(H,31,35). The van der Waals surface area contributed by atoms with E-state index in [1.165, 1.54) is 13.0 Å². The first-order chi connectivity index (χ1) is 17.0. The molecule has 0 fully saturated rings. The summed E-state index contributed by atoms with van der Waals surface area (Å²) in [5, 5.41) is 9.52. The van der Waals surface area contributed by atoms with Crippen LogP contribution in [0.15, 0.2) is 72.9 Å². The molecule has 2 amide bonds. The first-order valence-electron chi connectivity index (χ1n) is 11.0. The number of carbonyl (C=O) groups is 3. The van der Waals surface area contributed by atoms with Crippen molar-refractivity contribution < 1.29 is 14.4 Å². The van der Waals surface area contributed by atoms with Gasteiger partial charge < -0.3 is 26.7 Å². The van der Waals surface area contributed by atoms with Crippen molar-refractivity contribution in [3.8, 4) is 22.4 Å². The molecule has 35 heavy (non-hydrogen) atoms. The third kappa shape index (κ3) is 5.13. The number of fused-ring (bicyclic) bond motifs is 1. The van der Waals surface area contributed by atoms with Crippen LogP contribution in [0, 0.1) is 0 Å². The van der Waals surface area contributed by atoms with Gasteiger partial charge in [0.15, 0.2) is 0 Å². The Balaban J connectivity index is 1.84. The summed E-state index contributed by atoms with van der Waals surface area (Å²) in [5.74, 6) is -0.146. The average molecular weight is 468 g/mol. The minimum atomic E-state index is -0.146. The number of aldehydes is 1. The highest BCUT2D eigenvalue weighted by Gasteiger charge is 2.15. The molecule has 1 aromatic heterocycles. The normalized spacial score (nSPS) is 10.9. The van der Waals surface area contributed by atoms with Crippen LogP contribution in [0.1, 0.15) is 12.5 Å². The molecule has 0 aliphatic heterocycles. The molecule has 0 bridgehead atoms. The molecular weight excluding hydrogens is 442 g/mol. The minimum Gasteiger partial charge on any atom is -0.362 e. The molecule has 4 aromatic rings. The Hall–Kier alpha value is -4.69. The quantitative estimate of drug-likeness (QED) is 0.181. The maximum absolute atomic E-state index is 11.5. The van der Waals surface area contributed by atoms with Gasteiger partial charge in [0.2, 0.25) is 12.3 Å². The highest BCUT2D eigenvalue weighted by molar-refractivity contribution is 6.06. The second-order valence-corrected chi connectivity index (χ2v) is 7.87. The first-order valence-corrected chi connectivity index (χ1v) is 11.0. The van der Waals surface area contributed by atoms with Crippen LogP contribution in [-0.2, 0) is 20.9 Å². The molecule has 0 spiro atoms. The van der Waals surface area contributed by atoms with E-state index in [4.69, 9.17) is 5.73 Å². The topological polar surface area (TPSA) is 129 Å². The monoisotopic (exact) mass is 467 g/mol. The smallest absolute Gasteiger partial charge is 0.221 e. The van der Waals surface area contributed by atoms with Gasteiger partial charge in [0.1, 0.15) is 6.29 Å². The van der Waals surface area contributed by atoms with Crippen molar-refractivity contribution in [2.75, 3.05) is 16.0 Å². The number of hydrogen-bond acceptors (Lipinski definition) is 5. The fourth-order valence-electron chi connectivity index (χ4n) is 4.06. The van der Waals surface area contributed by atoms with Gasteiger partial charge in [-0.2, -0.15) is 0 Å². The Morgan fingerprint density at radius 3 is 2.54 bits per heavy atom. The van der Waals surface area contributed by atoms with Gasteiger partial charge in [-0.25, -0.2) is 0 Å². The van der Waals surface area contributed by atoms with E-state index in [-0.39, 0.29) is 5.91 Å². The van der Waals surface area contributed by atoms with Crippen LogP contribution >= 0.6 is 0 Å². The maximum Gasteiger partial charge on any atom is 0.221 e. The highest BCUT2D eigenvalue weighted by atomic mass is 16.1. The summed E-state index contributed by atoms with van der Waals surface area (Å²) in [6, 6.07) is 19.2. The first kappa shape index (κ1) is 23.5. The lowest BCUT2D eigenvalue weighted by molar-refractivity contribution is -0.114. The van der Waals surface area contributed by atoms with Crippen molar-refractivity contribution in [2.24, 2.45) is 5.73 Å². The van der Waals surface area contributed by atoms with Gasteiger partial charge in [0, 0.05) is 47.7 Å². The predicted molar refractivity (Wildman–Crippen MR) is 140 cm³/mol. The number of benzene rings is 3. The zero-order chi connectivity index (χ0) is 24.8. The van der Waals surface area contributed by atoms with E-state index in [1.54, 1.807) is 6.20 Å². The maximum atomic E-state index is 11.5. The summed E-state index contributed by atoms with van der Waals surface area (Å²) >= 11 is 0. The van der Waals surface area contributed by atoms with Crippen molar-refractivity contribution >= 4 is 46.6 Å². The summed E-state index contributed by atoms with van der Waals surface area (Å²) in [4.78, 5) is 36.7. The Bertz CT molecular complexity index is 1440. The van der Waals surface area contributed by atoms with Gasteiger partial charge in [-0.15, -0.1) is 0 Å². The largest absolute Gasteiger partial charge is 0.362 e. The van der Waals surface area contributed by atoms with Crippen LogP contribution in [0.25, 0.3) is 33.3 Å². The molecular formula is C27H25N5O3. The average Bonchev–Trinajstić information content (AvgIpc) is 3.30. The number of anilines is 3. The second kappa shape index (κ2) is 10.5. The second-order valence-electron chi connectivity index (χ2n) is 7.87. The van der Waals surface area contributed by atoms with Crippen LogP contribution in [0.3, 0.4) is 0 Å². The van der Waals surface area contributed by atoms with Crippen LogP contribution in [-0.4, -0.2) is 23.6 Å². The Morgan fingerprint density at radius 1 is 0.971 bits per heavy atom. The minimum absolute atomic E-state index is 0.146. The summed E-state index contributed by atoms with van der Waals surface area (Å²) in [7, 11) is 0. The number of rotatable bonds is 9. The number of amides is 2. The predicted octanol–water partition coefficient (Wildman–Crippen LogP) is 4.61. The highest BCUT2D eigenvalue weighted by Crippen LogP contribution is 2.38. The third-order valence-electron chi connectivity index (χ3n) is 5.54. The lowest BCUT2D eigenvalue weighted by Crippen LogP contribution is -2.05. The van der Waals surface area contributed by atoms with Crippen molar-refractivity contribution in [1.29, 1.82) is 0 Å². The van der Waals surface area contributed by atoms with Crippen molar-refractivity contribution in [1.82, 2.24) is 4.98 Å².